The summed E-state index contributed by atoms with van der Waals surface area (Å²) in [6.45, 7) is 0. The molecule has 134 valence electrons. The van der Waals surface area contributed by atoms with Gasteiger partial charge in [0, 0.05) is 28.1 Å². The normalized spacial score (nSPS) is 14.3. The second-order valence-corrected chi connectivity index (χ2v) is 9.28. The highest BCUT2D eigenvalue weighted by Gasteiger charge is 2.28. The number of thiophene rings is 1. The number of anilines is 1. The van der Waals surface area contributed by atoms with Crippen molar-refractivity contribution in [1.82, 2.24) is 9.71 Å². The smallest absolute Gasteiger partial charge is 0.275 e. The summed E-state index contributed by atoms with van der Waals surface area (Å²) in [7, 11) is -3.56. The summed E-state index contributed by atoms with van der Waals surface area (Å²) < 4.78 is 27.2. The first kappa shape index (κ1) is 17.3. The van der Waals surface area contributed by atoms with E-state index in [9.17, 15) is 13.2 Å². The average molecular weight is 406 g/mol. The van der Waals surface area contributed by atoms with Crippen LogP contribution < -0.4 is 10.0 Å². The van der Waals surface area contributed by atoms with E-state index in [1.54, 1.807) is 28.8 Å². The number of nitrogens with one attached hydrogen (secondary N) is 2. The lowest BCUT2D eigenvalue weighted by molar-refractivity contribution is 0.102. The Labute approximate surface area is 159 Å². The van der Waals surface area contributed by atoms with Gasteiger partial charge in [0.25, 0.3) is 5.91 Å². The van der Waals surface area contributed by atoms with Crippen molar-refractivity contribution in [1.29, 1.82) is 0 Å². The molecule has 1 fully saturated rings. The number of nitrogens with zero attached hydrogens (tertiary/aromatic N) is 1. The highest BCUT2D eigenvalue weighted by Crippen LogP contribution is 2.26. The van der Waals surface area contributed by atoms with E-state index >= 15 is 0 Å². The molecule has 1 aliphatic rings. The van der Waals surface area contributed by atoms with Crippen LogP contribution in [0.1, 0.15) is 23.3 Å². The molecule has 9 heteroatoms. The fraction of sp³-hybridized carbons (Fsp3) is 0.176. The Morgan fingerprint density at radius 2 is 2.04 bits per heavy atom. The van der Waals surface area contributed by atoms with E-state index in [2.05, 4.69) is 15.0 Å². The second kappa shape index (κ2) is 6.92. The summed E-state index contributed by atoms with van der Waals surface area (Å²) in [6, 6.07) is 8.21. The molecule has 6 nitrogen and oxygen atoms in total. The first-order valence-corrected chi connectivity index (χ1v) is 11.2. The third-order valence-electron chi connectivity index (χ3n) is 3.81. The minimum absolute atomic E-state index is 0.0313. The van der Waals surface area contributed by atoms with Crippen LogP contribution in [-0.4, -0.2) is 25.4 Å². The van der Waals surface area contributed by atoms with E-state index < -0.39 is 10.0 Å². The number of carbonyl (C=O) groups is 1. The van der Waals surface area contributed by atoms with Gasteiger partial charge in [-0.2, -0.15) is 11.3 Å². The Balaban J connectivity index is 1.50. The van der Waals surface area contributed by atoms with Gasteiger partial charge in [-0.15, -0.1) is 11.3 Å². The van der Waals surface area contributed by atoms with Gasteiger partial charge in [0.1, 0.15) is 10.7 Å². The van der Waals surface area contributed by atoms with Gasteiger partial charge in [-0.05, 0) is 42.5 Å². The maximum absolute atomic E-state index is 12.4. The van der Waals surface area contributed by atoms with Crippen molar-refractivity contribution in [2.24, 2.45) is 0 Å². The van der Waals surface area contributed by atoms with Crippen molar-refractivity contribution in [3.63, 3.8) is 0 Å². The quantitative estimate of drug-likeness (QED) is 0.656. The largest absolute Gasteiger partial charge is 0.321 e. The van der Waals surface area contributed by atoms with Gasteiger partial charge in [0.2, 0.25) is 10.0 Å². The molecule has 26 heavy (non-hydrogen) atoms. The maximum atomic E-state index is 12.4. The Bertz CT molecular complexity index is 1040. The molecule has 0 radical (unpaired) electrons. The lowest BCUT2D eigenvalue weighted by Crippen LogP contribution is -2.25. The number of amides is 1. The van der Waals surface area contributed by atoms with Crippen LogP contribution in [-0.2, 0) is 10.0 Å². The number of thiazole rings is 1. The minimum Gasteiger partial charge on any atom is -0.321 e. The molecule has 2 N–H and O–H groups in total. The van der Waals surface area contributed by atoms with E-state index in [1.807, 2.05) is 16.8 Å². The molecule has 3 aromatic rings. The lowest BCUT2D eigenvalue weighted by Gasteiger charge is -2.08. The van der Waals surface area contributed by atoms with E-state index in [-0.39, 0.29) is 16.8 Å². The van der Waals surface area contributed by atoms with Crippen LogP contribution in [0.3, 0.4) is 0 Å². The minimum atomic E-state index is -3.56. The molecule has 2 aromatic heterocycles. The molecular formula is C17H15N3O3S3. The predicted molar refractivity (Wildman–Crippen MR) is 103 cm³/mol. The van der Waals surface area contributed by atoms with Crippen molar-refractivity contribution in [3.05, 3.63) is 52.2 Å². The van der Waals surface area contributed by atoms with Gasteiger partial charge in [-0.3, -0.25) is 4.79 Å². The van der Waals surface area contributed by atoms with Crippen LogP contribution in [0.4, 0.5) is 5.69 Å². The number of hydrogen-bond acceptors (Lipinski definition) is 6. The molecule has 0 aliphatic heterocycles. The molecule has 0 atom stereocenters. The first-order chi connectivity index (χ1) is 12.5. The number of rotatable bonds is 6. The molecule has 2 heterocycles. The topological polar surface area (TPSA) is 88.2 Å². The van der Waals surface area contributed by atoms with Crippen LogP contribution in [0.25, 0.3) is 10.6 Å². The summed E-state index contributed by atoms with van der Waals surface area (Å²) in [5.41, 5.74) is 1.71. The molecule has 0 bridgehead atoms. The molecule has 4 rings (SSSR count). The Hall–Kier alpha value is -2.07. The number of hydrogen-bond donors (Lipinski definition) is 2. The third-order valence-corrected chi connectivity index (χ3v) is 6.90. The Kier molecular flexibility index (Phi) is 4.62. The fourth-order valence-electron chi connectivity index (χ4n) is 2.32. The summed E-state index contributed by atoms with van der Waals surface area (Å²) in [4.78, 5) is 16.9. The van der Waals surface area contributed by atoms with Crippen LogP contribution in [0.15, 0.2) is 51.4 Å². The van der Waals surface area contributed by atoms with Crippen molar-refractivity contribution in [3.8, 4) is 10.6 Å². The van der Waals surface area contributed by atoms with Crippen LogP contribution in [0.2, 0.25) is 0 Å². The lowest BCUT2D eigenvalue weighted by atomic mass is 10.3. The van der Waals surface area contributed by atoms with Gasteiger partial charge in [0.15, 0.2) is 0 Å². The van der Waals surface area contributed by atoms with E-state index in [1.165, 1.54) is 23.5 Å². The SMILES string of the molecule is O=C(Nc1cccc(S(=O)(=O)NC2CC2)c1)c1csc(-c2ccsc2)n1. The standard InChI is InChI=1S/C17H15N3O3S3/c21-16(15-10-25-17(19-15)11-6-7-24-9-11)18-13-2-1-3-14(8-13)26(22,23)20-12-4-5-12/h1-3,6-10,12,20H,4-5H2,(H,18,21). The molecule has 1 amide bonds. The molecule has 0 saturated heterocycles. The van der Waals surface area contributed by atoms with Gasteiger partial charge in [-0.1, -0.05) is 6.07 Å². The highest BCUT2D eigenvalue weighted by atomic mass is 32.2. The van der Waals surface area contributed by atoms with Crippen molar-refractivity contribution in [2.45, 2.75) is 23.8 Å². The number of carbonyl (C=O) groups excluding carboxylic acids is 1. The fourth-order valence-corrected chi connectivity index (χ4v) is 5.18. The van der Waals surface area contributed by atoms with Gasteiger partial charge in [0.05, 0.1) is 4.90 Å². The zero-order chi connectivity index (χ0) is 18.1. The summed E-state index contributed by atoms with van der Waals surface area (Å²) in [5, 5.41) is 9.12. The van der Waals surface area contributed by atoms with Crippen molar-refractivity contribution in [2.75, 3.05) is 5.32 Å². The van der Waals surface area contributed by atoms with Crippen molar-refractivity contribution >= 4 is 44.3 Å². The summed E-state index contributed by atoms with van der Waals surface area (Å²) in [5.74, 6) is -0.368. The van der Waals surface area contributed by atoms with Crippen LogP contribution in [0, 0.1) is 0 Å². The average Bonchev–Trinajstić information content (AvgIpc) is 3.09. The van der Waals surface area contributed by atoms with Gasteiger partial charge in [-0.25, -0.2) is 18.1 Å². The molecule has 0 spiro atoms. The highest BCUT2D eigenvalue weighted by molar-refractivity contribution is 7.89. The summed E-state index contributed by atoms with van der Waals surface area (Å²) in [6.07, 6.45) is 1.73. The zero-order valence-electron chi connectivity index (χ0n) is 13.5. The van der Waals surface area contributed by atoms with Crippen LogP contribution in [0.5, 0.6) is 0 Å². The monoisotopic (exact) mass is 405 g/mol. The predicted octanol–water partition coefficient (Wildman–Crippen LogP) is 3.56. The first-order valence-electron chi connectivity index (χ1n) is 7.93. The van der Waals surface area contributed by atoms with Crippen molar-refractivity contribution < 1.29 is 13.2 Å². The number of benzene rings is 1. The molecule has 1 aliphatic carbocycles. The van der Waals surface area contributed by atoms with Crippen LogP contribution >= 0.6 is 22.7 Å². The second-order valence-electron chi connectivity index (χ2n) is 5.93. The third kappa shape index (κ3) is 3.85. The number of aromatic nitrogens is 1. The zero-order valence-corrected chi connectivity index (χ0v) is 16.0. The summed E-state index contributed by atoms with van der Waals surface area (Å²) >= 11 is 2.97. The van der Waals surface area contributed by atoms with E-state index in [0.29, 0.717) is 11.4 Å². The molecular weight excluding hydrogens is 390 g/mol. The number of sulfonamides is 1. The van der Waals surface area contributed by atoms with E-state index in [4.69, 9.17) is 0 Å². The molecule has 1 saturated carbocycles. The van der Waals surface area contributed by atoms with E-state index in [0.717, 1.165) is 23.4 Å². The van der Waals surface area contributed by atoms with Gasteiger partial charge < -0.3 is 5.32 Å². The maximum Gasteiger partial charge on any atom is 0.275 e. The Morgan fingerprint density at radius 3 is 2.77 bits per heavy atom. The van der Waals surface area contributed by atoms with Gasteiger partial charge >= 0.3 is 0 Å². The molecule has 1 aromatic carbocycles. The molecule has 0 unspecified atom stereocenters. The Morgan fingerprint density at radius 1 is 1.19 bits per heavy atom.